The molecule has 0 aliphatic heterocycles. The van der Waals surface area contributed by atoms with E-state index in [0.29, 0.717) is 6.61 Å². The minimum absolute atomic E-state index is 0.192. The summed E-state index contributed by atoms with van der Waals surface area (Å²) in [4.78, 5) is 18.1. The summed E-state index contributed by atoms with van der Waals surface area (Å²) in [6, 6.07) is 0.192. The number of rotatable bonds is 7. The minimum atomic E-state index is 0.192. The molecule has 0 amide bonds. The van der Waals surface area contributed by atoms with Gasteiger partial charge in [0.15, 0.2) is 0 Å². The molecule has 0 radical (unpaired) electrons. The number of nitrogens with zero attached hydrogens (tertiary/aromatic N) is 7. The zero-order valence-electron chi connectivity index (χ0n) is 11.4. The predicted octanol–water partition coefficient (Wildman–Crippen LogP) is -0.932. The first-order chi connectivity index (χ1) is 9.69. The Hall–Kier alpha value is -2.33. The molecule has 20 heavy (non-hydrogen) atoms. The molecule has 0 aromatic carbocycles. The Morgan fingerprint density at radius 1 is 1.35 bits per heavy atom. The summed E-state index contributed by atoms with van der Waals surface area (Å²) in [7, 11) is 4.00. The van der Waals surface area contributed by atoms with Crippen LogP contribution in [0.15, 0.2) is 12.7 Å². The van der Waals surface area contributed by atoms with Gasteiger partial charge in [-0.15, -0.1) is 0 Å². The SMILES string of the molecule is CN(C)CCCOc1nc(NN)nc(-n2cncn2)n1. The lowest BCUT2D eigenvalue weighted by Gasteiger charge is -2.10. The molecule has 2 aromatic heterocycles. The highest BCUT2D eigenvalue weighted by Gasteiger charge is 2.09. The van der Waals surface area contributed by atoms with Crippen LogP contribution in [-0.2, 0) is 0 Å². The lowest BCUT2D eigenvalue weighted by molar-refractivity contribution is 0.263. The lowest BCUT2D eigenvalue weighted by Crippen LogP contribution is -2.17. The third-order valence-electron chi connectivity index (χ3n) is 2.34. The topological polar surface area (TPSA) is 120 Å². The van der Waals surface area contributed by atoms with Crippen molar-refractivity contribution in [2.24, 2.45) is 5.84 Å². The van der Waals surface area contributed by atoms with Crippen LogP contribution in [0.4, 0.5) is 5.95 Å². The van der Waals surface area contributed by atoms with Crippen molar-refractivity contribution in [3.63, 3.8) is 0 Å². The normalized spacial score (nSPS) is 10.8. The number of nitrogen functional groups attached to an aromatic ring is 1. The predicted molar refractivity (Wildman–Crippen MR) is 71.2 cm³/mol. The summed E-state index contributed by atoms with van der Waals surface area (Å²) in [5.74, 6) is 5.81. The Balaban J connectivity index is 2.06. The van der Waals surface area contributed by atoms with Crippen molar-refractivity contribution >= 4 is 5.95 Å². The highest BCUT2D eigenvalue weighted by atomic mass is 16.5. The fourth-order valence-electron chi connectivity index (χ4n) is 1.43. The summed E-state index contributed by atoms with van der Waals surface area (Å²) in [5, 5.41) is 3.94. The Kier molecular flexibility index (Phi) is 4.74. The van der Waals surface area contributed by atoms with Gasteiger partial charge < -0.3 is 9.64 Å². The van der Waals surface area contributed by atoms with E-state index in [-0.39, 0.29) is 17.9 Å². The second kappa shape index (κ2) is 6.73. The molecule has 0 aliphatic carbocycles. The molecule has 0 unspecified atom stereocenters. The van der Waals surface area contributed by atoms with Gasteiger partial charge in [0.1, 0.15) is 12.7 Å². The van der Waals surface area contributed by atoms with Crippen molar-refractivity contribution in [1.82, 2.24) is 34.6 Å². The standard InChI is InChI=1S/C10H17N9O/c1-18(2)4-3-5-20-10-15-8(17-11)14-9(16-10)19-7-12-6-13-19/h6-7H,3-5,11H2,1-2H3,(H,14,15,16,17). The monoisotopic (exact) mass is 279 g/mol. The average molecular weight is 279 g/mol. The van der Waals surface area contributed by atoms with Crippen molar-refractivity contribution in [2.45, 2.75) is 6.42 Å². The highest BCUT2D eigenvalue weighted by Crippen LogP contribution is 2.09. The second-order valence-corrected chi connectivity index (χ2v) is 4.23. The molecule has 108 valence electrons. The van der Waals surface area contributed by atoms with Gasteiger partial charge >= 0.3 is 6.01 Å². The van der Waals surface area contributed by atoms with Crippen LogP contribution in [-0.4, -0.2) is 61.9 Å². The molecule has 2 aromatic rings. The molecule has 3 N–H and O–H groups in total. The molecule has 10 nitrogen and oxygen atoms in total. The number of ether oxygens (including phenoxy) is 1. The van der Waals surface area contributed by atoms with Crippen molar-refractivity contribution in [3.05, 3.63) is 12.7 Å². The van der Waals surface area contributed by atoms with E-state index >= 15 is 0 Å². The van der Waals surface area contributed by atoms with Crippen molar-refractivity contribution < 1.29 is 4.74 Å². The smallest absolute Gasteiger partial charge is 0.323 e. The van der Waals surface area contributed by atoms with Crippen molar-refractivity contribution in [3.8, 4) is 12.0 Å². The summed E-state index contributed by atoms with van der Waals surface area (Å²) >= 11 is 0. The molecule has 0 bridgehead atoms. The second-order valence-electron chi connectivity index (χ2n) is 4.23. The molecule has 0 saturated heterocycles. The van der Waals surface area contributed by atoms with Gasteiger partial charge in [0.25, 0.3) is 5.95 Å². The van der Waals surface area contributed by atoms with E-state index < -0.39 is 0 Å². The zero-order chi connectivity index (χ0) is 14.4. The zero-order valence-corrected chi connectivity index (χ0v) is 11.4. The fraction of sp³-hybridized carbons (Fsp3) is 0.500. The molecule has 2 rings (SSSR count). The number of nitrogens with one attached hydrogen (secondary N) is 1. The van der Waals surface area contributed by atoms with E-state index in [1.54, 1.807) is 0 Å². The van der Waals surface area contributed by atoms with Crippen LogP contribution in [0, 0.1) is 0 Å². The van der Waals surface area contributed by atoms with E-state index in [1.165, 1.54) is 17.3 Å². The van der Waals surface area contributed by atoms with Crippen molar-refractivity contribution in [1.29, 1.82) is 0 Å². The third kappa shape index (κ3) is 3.83. The van der Waals surface area contributed by atoms with Crippen molar-refractivity contribution in [2.75, 3.05) is 32.7 Å². The van der Waals surface area contributed by atoms with E-state index in [1.807, 2.05) is 14.1 Å². The van der Waals surface area contributed by atoms with Gasteiger partial charge in [-0.25, -0.2) is 10.8 Å². The molecule has 2 heterocycles. The van der Waals surface area contributed by atoms with Crippen LogP contribution in [0.25, 0.3) is 5.95 Å². The van der Waals surface area contributed by atoms with Crippen LogP contribution in [0.3, 0.4) is 0 Å². The number of hydrogen-bond donors (Lipinski definition) is 2. The van der Waals surface area contributed by atoms with Gasteiger partial charge in [-0.2, -0.15) is 24.7 Å². The number of hydrazine groups is 1. The first-order valence-corrected chi connectivity index (χ1v) is 6.04. The van der Waals surface area contributed by atoms with Gasteiger partial charge in [-0.05, 0) is 20.5 Å². The maximum absolute atomic E-state index is 5.49. The number of nitrogens with two attached hydrogens (primary N) is 1. The molecule has 0 saturated carbocycles. The average Bonchev–Trinajstić information content (AvgIpc) is 2.97. The third-order valence-corrected chi connectivity index (χ3v) is 2.34. The summed E-state index contributed by atoms with van der Waals surface area (Å²) < 4.78 is 6.89. The van der Waals surface area contributed by atoms with E-state index in [2.05, 4.69) is 35.4 Å². The lowest BCUT2D eigenvalue weighted by atomic mass is 10.4. The molecule has 0 spiro atoms. The van der Waals surface area contributed by atoms with Crippen LogP contribution >= 0.6 is 0 Å². The molecule has 0 aliphatic rings. The van der Waals surface area contributed by atoms with Crippen LogP contribution in [0.1, 0.15) is 6.42 Å². The van der Waals surface area contributed by atoms with Crippen LogP contribution in [0.5, 0.6) is 6.01 Å². The van der Waals surface area contributed by atoms with E-state index in [0.717, 1.165) is 13.0 Å². The minimum Gasteiger partial charge on any atom is -0.463 e. The number of anilines is 1. The summed E-state index contributed by atoms with van der Waals surface area (Å²) in [5.41, 5.74) is 2.37. The molecule has 10 heteroatoms. The maximum atomic E-state index is 5.49. The molecule has 0 atom stereocenters. The Morgan fingerprint density at radius 2 is 2.20 bits per heavy atom. The molecule has 0 fully saturated rings. The summed E-state index contributed by atoms with van der Waals surface area (Å²) in [6.07, 6.45) is 3.73. The molecular weight excluding hydrogens is 262 g/mol. The van der Waals surface area contributed by atoms with E-state index in [9.17, 15) is 0 Å². The van der Waals surface area contributed by atoms with Crippen LogP contribution < -0.4 is 16.0 Å². The quantitative estimate of drug-likeness (QED) is 0.376. The Morgan fingerprint density at radius 3 is 2.85 bits per heavy atom. The molecular formula is C10H17N9O. The number of aromatic nitrogens is 6. The maximum Gasteiger partial charge on any atom is 0.323 e. The Labute approximate surface area is 116 Å². The van der Waals surface area contributed by atoms with Gasteiger partial charge in [0.05, 0.1) is 6.61 Å². The number of hydrogen-bond acceptors (Lipinski definition) is 9. The largest absolute Gasteiger partial charge is 0.463 e. The van der Waals surface area contributed by atoms with Gasteiger partial charge in [0.2, 0.25) is 5.95 Å². The first kappa shape index (κ1) is 14.1. The van der Waals surface area contributed by atoms with Crippen LogP contribution in [0.2, 0.25) is 0 Å². The van der Waals surface area contributed by atoms with E-state index in [4.69, 9.17) is 10.6 Å². The summed E-state index contributed by atoms with van der Waals surface area (Å²) in [6.45, 7) is 1.42. The fourth-order valence-corrected chi connectivity index (χ4v) is 1.43. The Bertz CT molecular complexity index is 528. The van der Waals surface area contributed by atoms with Gasteiger partial charge in [0, 0.05) is 6.54 Å². The van der Waals surface area contributed by atoms with Gasteiger partial charge in [-0.3, -0.25) is 5.43 Å². The highest BCUT2D eigenvalue weighted by molar-refractivity contribution is 5.27. The van der Waals surface area contributed by atoms with Gasteiger partial charge in [-0.1, -0.05) is 0 Å². The first-order valence-electron chi connectivity index (χ1n) is 6.04.